The van der Waals surface area contributed by atoms with Gasteiger partial charge in [0, 0.05) is 22.9 Å². The van der Waals surface area contributed by atoms with Crippen molar-refractivity contribution in [2.75, 3.05) is 6.66 Å². The highest BCUT2D eigenvalue weighted by Crippen LogP contribution is 2.54. The van der Waals surface area contributed by atoms with Gasteiger partial charge in [-0.2, -0.15) is 0 Å². The fourth-order valence-corrected chi connectivity index (χ4v) is 7.15. The van der Waals surface area contributed by atoms with Crippen LogP contribution in [0, 0.1) is 29.1 Å². The Bertz CT molecular complexity index is 724. The van der Waals surface area contributed by atoms with Crippen LogP contribution in [-0.2, 0) is 4.79 Å². The highest BCUT2D eigenvalue weighted by molar-refractivity contribution is 7.55. The lowest BCUT2D eigenvalue weighted by Gasteiger charge is -2.42. The van der Waals surface area contributed by atoms with Crippen LogP contribution in [0.4, 0.5) is 0 Å². The molecule has 0 heterocycles. The lowest BCUT2D eigenvalue weighted by molar-refractivity contribution is -0.133. The molecule has 4 heteroatoms. The van der Waals surface area contributed by atoms with Gasteiger partial charge in [-0.25, -0.2) is 4.79 Å². The average molecular weight is 418 g/mol. The maximum absolute atomic E-state index is 12.3. The van der Waals surface area contributed by atoms with E-state index in [-0.39, 0.29) is 17.4 Å². The Morgan fingerprint density at radius 1 is 1.28 bits per heavy atom. The van der Waals surface area contributed by atoms with Gasteiger partial charge < -0.3 is 9.78 Å². The minimum absolute atomic E-state index is 0.0980. The molecule has 0 spiro atoms. The third-order valence-electron chi connectivity index (χ3n) is 6.10. The molecular weight excluding hydrogens is 377 g/mol. The van der Waals surface area contributed by atoms with Gasteiger partial charge >= 0.3 is 5.97 Å². The molecule has 162 valence electrons. The standard InChI is InChI=1S/C25H40NO2P/c1-9-21-19(14-15-25(5,6)7)16-22(23(21)24(27)28)26(17(2)3)29(8)20-12-10-18(4)11-13-20/h16-18,20-21H,9-13H2,1-8H3,(H,27,28). The molecule has 1 saturated carbocycles. The van der Waals surface area contributed by atoms with Crippen LogP contribution in [0.5, 0.6) is 0 Å². The summed E-state index contributed by atoms with van der Waals surface area (Å²) in [6.45, 7) is 17.5. The highest BCUT2D eigenvalue weighted by Gasteiger charge is 2.37. The maximum atomic E-state index is 12.3. The first-order valence-electron chi connectivity index (χ1n) is 11.2. The van der Waals surface area contributed by atoms with E-state index in [0.717, 1.165) is 23.6 Å². The molecule has 2 rings (SSSR count). The normalized spacial score (nSPS) is 26.1. The molecule has 0 aliphatic heterocycles. The SMILES string of the molecule is CCC1C(C#CC(C)(C)C)=CC(N(C(C)C)P(C)C2CCC(C)CC2)=C1C(=O)O. The van der Waals surface area contributed by atoms with Crippen LogP contribution in [0.25, 0.3) is 0 Å². The van der Waals surface area contributed by atoms with E-state index in [1.54, 1.807) is 0 Å². The zero-order chi connectivity index (χ0) is 21.9. The van der Waals surface area contributed by atoms with Crippen molar-refractivity contribution >= 4 is 14.0 Å². The number of hydrogen-bond donors (Lipinski definition) is 1. The lowest BCUT2D eigenvalue weighted by Crippen LogP contribution is -2.31. The summed E-state index contributed by atoms with van der Waals surface area (Å²) in [4.78, 5) is 12.3. The Morgan fingerprint density at radius 3 is 2.31 bits per heavy atom. The van der Waals surface area contributed by atoms with Crippen LogP contribution in [0.1, 0.15) is 80.6 Å². The van der Waals surface area contributed by atoms with Crippen molar-refractivity contribution in [3.05, 3.63) is 22.9 Å². The Morgan fingerprint density at radius 2 is 1.86 bits per heavy atom. The van der Waals surface area contributed by atoms with Gasteiger partial charge in [0.2, 0.25) is 0 Å². The number of aliphatic carboxylic acids is 1. The van der Waals surface area contributed by atoms with E-state index in [1.165, 1.54) is 25.7 Å². The number of rotatable bonds is 6. The first kappa shape index (κ1) is 24.0. The summed E-state index contributed by atoms with van der Waals surface area (Å²) in [5.74, 6) is 6.60. The summed E-state index contributed by atoms with van der Waals surface area (Å²) in [6, 6.07) is 0.276. The molecule has 0 radical (unpaired) electrons. The molecule has 0 aromatic heterocycles. The predicted molar refractivity (Wildman–Crippen MR) is 125 cm³/mol. The second-order valence-corrected chi connectivity index (χ2v) is 12.4. The van der Waals surface area contributed by atoms with Gasteiger partial charge in [0.05, 0.1) is 11.3 Å². The largest absolute Gasteiger partial charge is 0.478 e. The first-order chi connectivity index (χ1) is 13.5. The molecule has 2 unspecified atom stereocenters. The van der Waals surface area contributed by atoms with Crippen molar-refractivity contribution in [2.24, 2.45) is 17.3 Å². The van der Waals surface area contributed by atoms with Crippen molar-refractivity contribution in [1.82, 2.24) is 4.67 Å². The van der Waals surface area contributed by atoms with Crippen LogP contribution in [0.3, 0.4) is 0 Å². The van der Waals surface area contributed by atoms with Crippen LogP contribution >= 0.6 is 8.07 Å². The molecule has 2 aliphatic rings. The molecule has 0 amide bonds. The zero-order valence-corrected chi connectivity index (χ0v) is 20.6. The quantitative estimate of drug-likeness (QED) is 0.388. The van der Waals surface area contributed by atoms with Gasteiger partial charge in [0.25, 0.3) is 0 Å². The molecule has 2 atom stereocenters. The van der Waals surface area contributed by atoms with E-state index in [1.807, 2.05) is 0 Å². The van der Waals surface area contributed by atoms with E-state index in [9.17, 15) is 9.90 Å². The number of carbonyl (C=O) groups is 1. The summed E-state index contributed by atoms with van der Waals surface area (Å²) >= 11 is 0. The average Bonchev–Trinajstić information content (AvgIpc) is 2.98. The Balaban J connectivity index is 2.46. The number of carboxylic acid groups (broad SMARTS) is 1. The smallest absolute Gasteiger partial charge is 0.334 e. The molecule has 0 bridgehead atoms. The van der Waals surface area contributed by atoms with Gasteiger partial charge in [-0.1, -0.05) is 38.5 Å². The van der Waals surface area contributed by atoms with Crippen molar-refractivity contribution in [3.8, 4) is 11.8 Å². The Hall–Kier alpha value is -1.26. The van der Waals surface area contributed by atoms with Gasteiger partial charge in [0.1, 0.15) is 0 Å². The van der Waals surface area contributed by atoms with Gasteiger partial charge in [-0.15, -0.1) is 0 Å². The molecule has 29 heavy (non-hydrogen) atoms. The Labute approximate surface area is 179 Å². The molecule has 3 nitrogen and oxygen atoms in total. The third-order valence-corrected chi connectivity index (χ3v) is 9.03. The number of carboxylic acids is 1. The maximum Gasteiger partial charge on any atom is 0.334 e. The van der Waals surface area contributed by atoms with E-state index < -0.39 is 14.0 Å². The summed E-state index contributed by atoms with van der Waals surface area (Å²) in [5, 5.41) is 10.1. The van der Waals surface area contributed by atoms with E-state index in [2.05, 4.69) is 77.7 Å². The molecule has 0 aromatic carbocycles. The monoisotopic (exact) mass is 417 g/mol. The van der Waals surface area contributed by atoms with Gasteiger partial charge in [-0.05, 0) is 86.3 Å². The summed E-state index contributed by atoms with van der Waals surface area (Å²) in [7, 11) is -0.439. The van der Waals surface area contributed by atoms with Crippen molar-refractivity contribution < 1.29 is 9.90 Å². The summed E-state index contributed by atoms with van der Waals surface area (Å²) in [5.41, 5.74) is 3.03. The molecule has 1 fully saturated rings. The minimum atomic E-state index is -0.790. The van der Waals surface area contributed by atoms with Crippen LogP contribution in [0.15, 0.2) is 22.9 Å². The van der Waals surface area contributed by atoms with E-state index >= 15 is 0 Å². The van der Waals surface area contributed by atoms with Gasteiger partial charge in [-0.3, -0.25) is 0 Å². The Kier molecular flexibility index (Phi) is 8.03. The number of hydrogen-bond acceptors (Lipinski definition) is 2. The fraction of sp³-hybridized carbons (Fsp3) is 0.720. The van der Waals surface area contributed by atoms with Crippen molar-refractivity contribution in [1.29, 1.82) is 0 Å². The van der Waals surface area contributed by atoms with Crippen LogP contribution < -0.4 is 0 Å². The summed E-state index contributed by atoms with van der Waals surface area (Å²) in [6.07, 6.45) is 7.98. The third kappa shape index (κ3) is 5.88. The second kappa shape index (κ2) is 9.70. The summed E-state index contributed by atoms with van der Waals surface area (Å²) < 4.78 is 2.44. The van der Waals surface area contributed by atoms with Crippen molar-refractivity contribution in [2.45, 2.75) is 92.3 Å². The molecular formula is C25H40NO2P. The van der Waals surface area contributed by atoms with Gasteiger partial charge in [0.15, 0.2) is 0 Å². The molecule has 0 saturated heterocycles. The predicted octanol–water partition coefficient (Wildman–Crippen LogP) is 6.66. The number of allylic oxidation sites excluding steroid dienone is 2. The van der Waals surface area contributed by atoms with Crippen LogP contribution in [0.2, 0.25) is 0 Å². The van der Waals surface area contributed by atoms with Crippen LogP contribution in [-0.4, -0.2) is 34.1 Å². The first-order valence-corrected chi connectivity index (χ1v) is 13.0. The highest BCUT2D eigenvalue weighted by atomic mass is 31.1. The zero-order valence-electron chi connectivity index (χ0n) is 19.7. The molecule has 1 N–H and O–H groups in total. The number of nitrogens with zero attached hydrogens (tertiary/aromatic N) is 1. The van der Waals surface area contributed by atoms with E-state index in [0.29, 0.717) is 11.2 Å². The van der Waals surface area contributed by atoms with E-state index in [4.69, 9.17) is 0 Å². The minimum Gasteiger partial charge on any atom is -0.478 e. The van der Waals surface area contributed by atoms with Crippen molar-refractivity contribution in [3.63, 3.8) is 0 Å². The second-order valence-electron chi connectivity index (χ2n) is 10.1. The lowest BCUT2D eigenvalue weighted by atomic mass is 9.91. The topological polar surface area (TPSA) is 40.5 Å². The molecule has 2 aliphatic carbocycles. The molecule has 0 aromatic rings. The fourth-order valence-electron chi connectivity index (χ4n) is 4.52.